The summed E-state index contributed by atoms with van der Waals surface area (Å²) in [6.07, 6.45) is 1.42. The van der Waals surface area contributed by atoms with Crippen LogP contribution in [0.5, 0.6) is 0 Å². The van der Waals surface area contributed by atoms with Crippen molar-refractivity contribution in [2.24, 2.45) is 11.5 Å². The molecule has 73 valence electrons. The molecule has 1 unspecified atom stereocenters. The number of hydrogen-bond donors (Lipinski definition) is 2. The third kappa shape index (κ3) is 4.66. The van der Waals surface area contributed by atoms with E-state index in [0.717, 1.165) is 0 Å². The van der Waals surface area contributed by atoms with Crippen molar-refractivity contribution in [3.8, 4) is 0 Å². The van der Waals surface area contributed by atoms with Crippen molar-refractivity contribution in [1.29, 1.82) is 0 Å². The maximum Gasteiger partial charge on any atom is 0.228 e. The van der Waals surface area contributed by atoms with E-state index in [9.17, 15) is 8.42 Å². The molecule has 0 aromatic heterocycles. The lowest BCUT2D eigenvalue weighted by atomic mass is 10.2. The summed E-state index contributed by atoms with van der Waals surface area (Å²) in [7, 11) is -3.68. The summed E-state index contributed by atoms with van der Waals surface area (Å²) in [4.78, 5) is 0. The van der Waals surface area contributed by atoms with E-state index >= 15 is 0 Å². The number of nitrogens with one attached hydrogen (secondary N) is 1. The average molecular weight is 194 g/mol. The van der Waals surface area contributed by atoms with Crippen molar-refractivity contribution in [1.82, 2.24) is 5.14 Å². The van der Waals surface area contributed by atoms with Gasteiger partial charge in [-0.25, -0.2) is 8.42 Å². The molecule has 0 aliphatic heterocycles. The summed E-state index contributed by atoms with van der Waals surface area (Å²) in [5, 5.41) is 6.21. The van der Waals surface area contributed by atoms with Gasteiger partial charge >= 0.3 is 0 Å². The largest absolute Gasteiger partial charge is 0.330 e. The fraction of sp³-hybridized carbons (Fsp3) is 1.00. The molecule has 0 heterocycles. The zero-order valence-electron chi connectivity index (χ0n) is 6.99. The molecule has 0 aliphatic carbocycles. The molecule has 0 spiro atoms. The van der Waals surface area contributed by atoms with Gasteiger partial charge in [0.05, 0.1) is 5.25 Å². The Balaban J connectivity index is 4.05. The molecule has 1 radical (unpaired) electrons. The average Bonchev–Trinajstić information content (AvgIpc) is 1.95. The summed E-state index contributed by atoms with van der Waals surface area (Å²) < 4.78 is 21.6. The first-order chi connectivity index (χ1) is 5.52. The molecular weight excluding hydrogens is 178 g/mol. The van der Waals surface area contributed by atoms with Gasteiger partial charge in [0.1, 0.15) is 0 Å². The van der Waals surface area contributed by atoms with Crippen molar-refractivity contribution < 1.29 is 8.42 Å². The molecule has 0 saturated heterocycles. The van der Waals surface area contributed by atoms with Crippen LogP contribution in [0.15, 0.2) is 0 Å². The Bertz CT molecular complexity index is 203. The molecule has 12 heavy (non-hydrogen) atoms. The summed E-state index contributed by atoms with van der Waals surface area (Å²) in [6, 6.07) is 0. The lowest BCUT2D eigenvalue weighted by Gasteiger charge is -2.11. The highest BCUT2D eigenvalue weighted by Crippen LogP contribution is 2.09. The van der Waals surface area contributed by atoms with Crippen LogP contribution in [0.1, 0.15) is 19.3 Å². The minimum atomic E-state index is -3.68. The highest BCUT2D eigenvalue weighted by molar-refractivity contribution is 7.89. The Kier molecular flexibility index (Phi) is 5.39. The third-order valence-electron chi connectivity index (χ3n) is 1.66. The van der Waals surface area contributed by atoms with Crippen LogP contribution < -0.4 is 16.6 Å². The van der Waals surface area contributed by atoms with Crippen LogP contribution in [0.4, 0.5) is 0 Å². The molecular formula is C6H16N3O2S. The zero-order chi connectivity index (χ0) is 9.61. The quantitative estimate of drug-likeness (QED) is 0.568. The first kappa shape index (κ1) is 11.8. The van der Waals surface area contributed by atoms with Gasteiger partial charge in [0.15, 0.2) is 0 Å². The Hall–Kier alpha value is -0.170. The van der Waals surface area contributed by atoms with Crippen LogP contribution in [0.25, 0.3) is 0 Å². The molecule has 0 aromatic rings. The van der Waals surface area contributed by atoms with Crippen LogP contribution in [-0.2, 0) is 10.0 Å². The molecule has 5 nitrogen and oxygen atoms in total. The second kappa shape index (κ2) is 5.47. The maximum absolute atomic E-state index is 10.8. The van der Waals surface area contributed by atoms with E-state index < -0.39 is 15.3 Å². The normalized spacial score (nSPS) is 14.6. The summed E-state index contributed by atoms with van der Waals surface area (Å²) in [6.45, 7) is 0.754. The van der Waals surface area contributed by atoms with Gasteiger partial charge in [-0.05, 0) is 32.4 Å². The van der Waals surface area contributed by atoms with Gasteiger partial charge in [0.2, 0.25) is 10.0 Å². The van der Waals surface area contributed by atoms with E-state index in [1.54, 1.807) is 0 Å². The number of nitrogens with two attached hydrogens (primary N) is 2. The van der Waals surface area contributed by atoms with E-state index in [0.29, 0.717) is 32.4 Å². The third-order valence-corrected chi connectivity index (χ3v) is 3.01. The van der Waals surface area contributed by atoms with E-state index in [1.165, 1.54) is 0 Å². The fourth-order valence-corrected chi connectivity index (χ4v) is 1.91. The van der Waals surface area contributed by atoms with Crippen LogP contribution in [0.2, 0.25) is 0 Å². The predicted molar refractivity (Wildman–Crippen MR) is 47.8 cm³/mol. The molecule has 0 rings (SSSR count). The van der Waals surface area contributed by atoms with Crippen LogP contribution in [0.3, 0.4) is 0 Å². The van der Waals surface area contributed by atoms with Gasteiger partial charge in [-0.3, -0.25) is 0 Å². The standard InChI is InChI=1S/C6H16N3O2S/c7-4-1-2-6(3-5-8)12(9,10)11/h6,9H,1-5,7-8H2. The molecule has 6 heteroatoms. The Morgan fingerprint density at radius 1 is 1.17 bits per heavy atom. The monoisotopic (exact) mass is 194 g/mol. The summed E-state index contributed by atoms with van der Waals surface area (Å²) in [5.74, 6) is 0. The van der Waals surface area contributed by atoms with Crippen LogP contribution >= 0.6 is 0 Å². The first-order valence-electron chi connectivity index (χ1n) is 3.91. The molecule has 0 aromatic carbocycles. The van der Waals surface area contributed by atoms with Gasteiger partial charge in [-0.1, -0.05) is 0 Å². The smallest absolute Gasteiger partial charge is 0.228 e. The summed E-state index contributed by atoms with van der Waals surface area (Å²) in [5.41, 5.74) is 10.4. The fourth-order valence-electron chi connectivity index (χ4n) is 0.986. The molecule has 0 saturated carbocycles. The second-order valence-electron chi connectivity index (χ2n) is 2.68. The van der Waals surface area contributed by atoms with Crippen LogP contribution in [0, 0.1) is 0 Å². The Morgan fingerprint density at radius 3 is 2.08 bits per heavy atom. The Labute approximate surface area is 73.3 Å². The van der Waals surface area contributed by atoms with Crippen molar-refractivity contribution in [3.63, 3.8) is 0 Å². The molecule has 0 aliphatic rings. The van der Waals surface area contributed by atoms with E-state index in [-0.39, 0.29) is 0 Å². The molecule has 0 amide bonds. The molecule has 0 bridgehead atoms. The van der Waals surface area contributed by atoms with Crippen molar-refractivity contribution in [2.75, 3.05) is 13.1 Å². The topological polar surface area (TPSA) is 110 Å². The number of rotatable bonds is 6. The van der Waals surface area contributed by atoms with E-state index in [4.69, 9.17) is 16.6 Å². The van der Waals surface area contributed by atoms with Gasteiger partial charge in [0, 0.05) is 0 Å². The van der Waals surface area contributed by atoms with Gasteiger partial charge in [0.25, 0.3) is 0 Å². The lowest BCUT2D eigenvalue weighted by molar-refractivity contribution is 0.555. The highest BCUT2D eigenvalue weighted by atomic mass is 32.2. The van der Waals surface area contributed by atoms with Gasteiger partial charge in [-0.15, -0.1) is 5.14 Å². The minimum Gasteiger partial charge on any atom is -0.330 e. The molecule has 1 atom stereocenters. The SMILES string of the molecule is [NH]S(=O)(=O)C(CCN)CCCN. The highest BCUT2D eigenvalue weighted by Gasteiger charge is 2.20. The molecule has 0 fully saturated rings. The number of sulfonamides is 1. The minimum absolute atomic E-state index is 0.299. The van der Waals surface area contributed by atoms with E-state index in [1.807, 2.05) is 0 Å². The summed E-state index contributed by atoms with van der Waals surface area (Å²) >= 11 is 0. The predicted octanol–water partition coefficient (Wildman–Crippen LogP) is -0.945. The van der Waals surface area contributed by atoms with E-state index in [2.05, 4.69) is 0 Å². The van der Waals surface area contributed by atoms with Gasteiger partial charge < -0.3 is 11.5 Å². The maximum atomic E-state index is 10.8. The Morgan fingerprint density at radius 2 is 1.75 bits per heavy atom. The van der Waals surface area contributed by atoms with Crippen molar-refractivity contribution in [2.45, 2.75) is 24.5 Å². The zero-order valence-corrected chi connectivity index (χ0v) is 7.81. The second-order valence-corrected chi connectivity index (χ2v) is 4.43. The van der Waals surface area contributed by atoms with Crippen molar-refractivity contribution >= 4 is 10.0 Å². The van der Waals surface area contributed by atoms with Gasteiger partial charge in [-0.2, -0.15) is 0 Å². The lowest BCUT2D eigenvalue weighted by Crippen LogP contribution is -2.25. The molecule has 5 N–H and O–H groups in total. The van der Waals surface area contributed by atoms with Crippen molar-refractivity contribution in [3.05, 3.63) is 0 Å². The first-order valence-corrected chi connectivity index (χ1v) is 5.45. The van der Waals surface area contributed by atoms with Crippen LogP contribution in [-0.4, -0.2) is 26.8 Å². The number of hydrogen-bond acceptors (Lipinski definition) is 4.